The Hall–Kier alpha value is -3.43. The first kappa shape index (κ1) is 23.7. The van der Waals surface area contributed by atoms with Crippen LogP contribution in [0, 0.1) is 0 Å². The first-order valence-electron chi connectivity index (χ1n) is 11.4. The fourth-order valence-electron chi connectivity index (χ4n) is 4.48. The number of carbonyl (C=O) groups excluding carboxylic acids is 2. The molecule has 2 heterocycles. The number of benzene rings is 2. The van der Waals surface area contributed by atoms with E-state index in [2.05, 4.69) is 5.32 Å². The second-order valence-corrected chi connectivity index (χ2v) is 8.69. The van der Waals surface area contributed by atoms with E-state index in [1.54, 1.807) is 36.1 Å². The van der Waals surface area contributed by atoms with Gasteiger partial charge in [0.1, 0.15) is 0 Å². The lowest BCUT2D eigenvalue weighted by Gasteiger charge is -2.39. The van der Waals surface area contributed by atoms with Gasteiger partial charge in [0.05, 0.1) is 31.4 Å². The summed E-state index contributed by atoms with van der Waals surface area (Å²) in [6.07, 6.45) is -1.85. The summed E-state index contributed by atoms with van der Waals surface area (Å²) in [7, 11) is 0. The van der Waals surface area contributed by atoms with Gasteiger partial charge in [-0.25, -0.2) is 4.79 Å². The highest BCUT2D eigenvalue weighted by atomic mass is 16.5. The van der Waals surface area contributed by atoms with Crippen molar-refractivity contribution in [2.45, 2.75) is 38.1 Å². The molecule has 9 heteroatoms. The molecular formula is C25H29N3O6. The fraction of sp³-hybridized carbons (Fsp3) is 0.400. The van der Waals surface area contributed by atoms with Crippen molar-refractivity contribution < 1.29 is 29.3 Å². The van der Waals surface area contributed by atoms with Crippen LogP contribution in [-0.2, 0) is 17.7 Å². The molecule has 1 saturated heterocycles. The summed E-state index contributed by atoms with van der Waals surface area (Å²) in [4.78, 5) is 40.1. The number of aliphatic hydroxyl groups is 1. The van der Waals surface area contributed by atoms with E-state index >= 15 is 0 Å². The van der Waals surface area contributed by atoms with E-state index in [1.165, 1.54) is 4.90 Å². The number of morpholine rings is 1. The maximum absolute atomic E-state index is 12.8. The Morgan fingerprint density at radius 1 is 1.00 bits per heavy atom. The van der Waals surface area contributed by atoms with E-state index in [1.807, 2.05) is 24.3 Å². The van der Waals surface area contributed by atoms with Crippen LogP contribution >= 0.6 is 0 Å². The Labute approximate surface area is 197 Å². The van der Waals surface area contributed by atoms with Crippen LogP contribution in [0.5, 0.6) is 0 Å². The predicted octanol–water partition coefficient (Wildman–Crippen LogP) is 1.74. The molecule has 0 radical (unpaired) electrons. The molecule has 2 aliphatic heterocycles. The quantitative estimate of drug-likeness (QED) is 0.616. The number of fused-ring (bicyclic) bond motifs is 1. The molecule has 3 N–H and O–H groups in total. The van der Waals surface area contributed by atoms with E-state index in [-0.39, 0.29) is 12.5 Å². The molecule has 1 unspecified atom stereocenters. The maximum Gasteiger partial charge on any atom is 0.407 e. The number of carboxylic acid groups (broad SMARTS) is 1. The number of ether oxygens (including phenoxy) is 1. The Kier molecular flexibility index (Phi) is 7.14. The lowest BCUT2D eigenvalue weighted by atomic mass is 9.89. The first-order valence-corrected chi connectivity index (χ1v) is 11.4. The Morgan fingerprint density at radius 2 is 1.62 bits per heavy atom. The molecule has 0 spiro atoms. The number of carbonyl (C=O) groups is 3. The van der Waals surface area contributed by atoms with Crippen LogP contribution in [0.3, 0.4) is 0 Å². The summed E-state index contributed by atoms with van der Waals surface area (Å²) in [6.45, 7) is 3.94. The molecule has 2 aliphatic rings. The van der Waals surface area contributed by atoms with Gasteiger partial charge in [-0.3, -0.25) is 14.5 Å². The van der Waals surface area contributed by atoms with Gasteiger partial charge in [0, 0.05) is 30.8 Å². The van der Waals surface area contributed by atoms with Crippen molar-refractivity contribution in [1.82, 2.24) is 15.1 Å². The molecule has 0 bridgehead atoms. The Balaban J connectivity index is 1.40. The number of nitrogens with one attached hydrogen (secondary N) is 1. The molecule has 180 valence electrons. The van der Waals surface area contributed by atoms with Gasteiger partial charge in [-0.15, -0.1) is 0 Å². The summed E-state index contributed by atoms with van der Waals surface area (Å²) >= 11 is 0. The lowest BCUT2D eigenvalue weighted by Crippen LogP contribution is -2.56. The molecule has 34 heavy (non-hydrogen) atoms. The van der Waals surface area contributed by atoms with Crippen LogP contribution in [0.4, 0.5) is 4.79 Å². The topological polar surface area (TPSA) is 119 Å². The highest BCUT2D eigenvalue weighted by Crippen LogP contribution is 2.26. The van der Waals surface area contributed by atoms with Gasteiger partial charge in [-0.1, -0.05) is 24.3 Å². The summed E-state index contributed by atoms with van der Waals surface area (Å²) in [5, 5.41) is 23.4. The molecular weight excluding hydrogens is 438 g/mol. The minimum atomic E-state index is -1.11. The zero-order chi connectivity index (χ0) is 24.2. The smallest absolute Gasteiger partial charge is 0.407 e. The molecule has 9 nitrogen and oxygen atoms in total. The monoisotopic (exact) mass is 467 g/mol. The standard InChI is InChI=1S/C25H29N3O6/c1-16(22(29)21-14-19-4-2-3-5-20(19)15-28(21)25(32)33)26-23(30)17-6-8-18(9-7-17)24(31)27-10-12-34-13-11-27/h2-9,16,21-22,29H,10-15H2,1H3,(H,26,30)(H,32,33)/t16?,21-,22-/m0/s1. The van der Waals surface area contributed by atoms with Crippen LogP contribution in [0.25, 0.3) is 0 Å². The largest absolute Gasteiger partial charge is 0.465 e. The molecule has 2 aromatic carbocycles. The second-order valence-electron chi connectivity index (χ2n) is 8.69. The molecule has 0 aliphatic carbocycles. The zero-order valence-electron chi connectivity index (χ0n) is 19.0. The highest BCUT2D eigenvalue weighted by molar-refractivity contribution is 5.98. The normalized spacial score (nSPS) is 19.6. The minimum Gasteiger partial charge on any atom is -0.465 e. The number of amides is 3. The molecule has 0 saturated carbocycles. The van der Waals surface area contributed by atoms with Crippen molar-refractivity contribution >= 4 is 17.9 Å². The van der Waals surface area contributed by atoms with Gasteiger partial charge in [-0.05, 0) is 48.7 Å². The average molecular weight is 468 g/mol. The van der Waals surface area contributed by atoms with Crippen molar-refractivity contribution in [3.63, 3.8) is 0 Å². The first-order chi connectivity index (χ1) is 16.3. The number of hydrogen-bond donors (Lipinski definition) is 3. The van der Waals surface area contributed by atoms with Gasteiger partial charge in [0.25, 0.3) is 11.8 Å². The summed E-state index contributed by atoms with van der Waals surface area (Å²) in [6, 6.07) is 12.5. The van der Waals surface area contributed by atoms with Crippen molar-refractivity contribution in [2.24, 2.45) is 0 Å². The van der Waals surface area contributed by atoms with E-state index in [0.717, 1.165) is 11.1 Å². The van der Waals surface area contributed by atoms with Crippen LogP contribution in [-0.4, -0.2) is 82.4 Å². The van der Waals surface area contributed by atoms with Gasteiger partial charge in [0.15, 0.2) is 0 Å². The van der Waals surface area contributed by atoms with E-state index in [0.29, 0.717) is 43.9 Å². The number of nitrogens with zero attached hydrogens (tertiary/aromatic N) is 2. The van der Waals surface area contributed by atoms with Gasteiger partial charge in [-0.2, -0.15) is 0 Å². The number of hydrogen-bond acceptors (Lipinski definition) is 5. The minimum absolute atomic E-state index is 0.106. The Bertz CT molecular complexity index is 1050. The Morgan fingerprint density at radius 3 is 2.26 bits per heavy atom. The molecule has 3 atom stereocenters. The SMILES string of the molecule is CC(NC(=O)c1ccc(C(=O)N2CCOCC2)cc1)[C@H](O)[C@@H]1Cc2ccccc2CN1C(=O)O. The maximum atomic E-state index is 12.8. The average Bonchev–Trinajstić information content (AvgIpc) is 2.87. The molecule has 0 aromatic heterocycles. The molecule has 4 rings (SSSR count). The molecule has 1 fully saturated rings. The van der Waals surface area contributed by atoms with Crippen molar-refractivity contribution in [3.8, 4) is 0 Å². The third-order valence-corrected chi connectivity index (χ3v) is 6.49. The van der Waals surface area contributed by atoms with Gasteiger partial charge in [0.2, 0.25) is 0 Å². The van der Waals surface area contributed by atoms with Crippen LogP contribution in [0.15, 0.2) is 48.5 Å². The number of aliphatic hydroxyl groups excluding tert-OH is 1. The fourth-order valence-corrected chi connectivity index (χ4v) is 4.48. The van der Waals surface area contributed by atoms with Crippen molar-refractivity contribution in [2.75, 3.05) is 26.3 Å². The van der Waals surface area contributed by atoms with Crippen molar-refractivity contribution in [3.05, 3.63) is 70.8 Å². The van der Waals surface area contributed by atoms with Crippen LogP contribution < -0.4 is 5.32 Å². The van der Waals surface area contributed by atoms with Crippen molar-refractivity contribution in [1.29, 1.82) is 0 Å². The van der Waals surface area contributed by atoms with Crippen LogP contribution in [0.1, 0.15) is 38.8 Å². The highest BCUT2D eigenvalue weighted by Gasteiger charge is 2.37. The summed E-state index contributed by atoms with van der Waals surface area (Å²) < 4.78 is 5.27. The zero-order valence-corrected chi connectivity index (χ0v) is 19.0. The predicted molar refractivity (Wildman–Crippen MR) is 124 cm³/mol. The van der Waals surface area contributed by atoms with E-state index in [4.69, 9.17) is 4.74 Å². The van der Waals surface area contributed by atoms with Gasteiger partial charge < -0.3 is 25.2 Å². The summed E-state index contributed by atoms with van der Waals surface area (Å²) in [5.74, 6) is -0.514. The van der Waals surface area contributed by atoms with Gasteiger partial charge >= 0.3 is 6.09 Å². The van der Waals surface area contributed by atoms with E-state index < -0.39 is 30.2 Å². The molecule has 3 amide bonds. The third kappa shape index (κ3) is 5.05. The lowest BCUT2D eigenvalue weighted by molar-refractivity contribution is 0.0213. The summed E-state index contributed by atoms with van der Waals surface area (Å²) in [5.41, 5.74) is 2.74. The van der Waals surface area contributed by atoms with Crippen LogP contribution in [0.2, 0.25) is 0 Å². The molecule has 2 aromatic rings. The third-order valence-electron chi connectivity index (χ3n) is 6.49. The second kappa shape index (κ2) is 10.2. The number of rotatable bonds is 5. The van der Waals surface area contributed by atoms with E-state index in [9.17, 15) is 24.6 Å².